The van der Waals surface area contributed by atoms with Crippen LogP contribution in [0.15, 0.2) is 24.3 Å². The van der Waals surface area contributed by atoms with E-state index >= 15 is 0 Å². The number of para-hydroxylation sites is 1. The number of likely N-dealkylation sites (N-methyl/N-ethyl adjacent to an activating group) is 1. The minimum atomic E-state index is -0.0919. The zero-order valence-electron chi connectivity index (χ0n) is 8.96. The van der Waals surface area contributed by atoms with Crippen molar-refractivity contribution in [3.8, 4) is 0 Å². The van der Waals surface area contributed by atoms with Crippen molar-refractivity contribution in [2.45, 2.75) is 25.7 Å². The fourth-order valence-electron chi connectivity index (χ4n) is 2.21. The molecule has 2 heteroatoms. The van der Waals surface area contributed by atoms with E-state index in [9.17, 15) is 0 Å². The van der Waals surface area contributed by atoms with Crippen molar-refractivity contribution in [3.05, 3.63) is 29.8 Å². The topological polar surface area (TPSA) is 27.1 Å². The van der Waals surface area contributed by atoms with Crippen LogP contribution in [0.25, 0.3) is 0 Å². The van der Waals surface area contributed by atoms with Crippen molar-refractivity contribution in [3.63, 3.8) is 0 Å². The first kappa shape index (κ1) is 9.25. The third-order valence-electron chi connectivity index (χ3n) is 3.43. The molecule has 0 saturated carbocycles. The average molecular weight is 188 g/mol. The van der Waals surface area contributed by atoms with Crippen LogP contribution in [-0.4, -0.2) is 12.9 Å². The molecule has 0 spiro atoms. The van der Waals surface area contributed by atoms with E-state index in [-0.39, 0.29) is 5.41 Å². The second-order valence-electron chi connectivity index (χ2n) is 4.11. The Morgan fingerprint density at radius 2 is 2.00 bits per heavy atom. The summed E-state index contributed by atoms with van der Waals surface area (Å²) in [5.74, 6) is 0.709. The molecule has 2 nitrogen and oxygen atoms in total. The number of anilines is 1. The van der Waals surface area contributed by atoms with Gasteiger partial charge in [-0.05, 0) is 25.0 Å². The standard InChI is InChI=1S/C12H16N2/c1-4-12(2)9-7-5-6-8-10(9)14(3)11(12)13/h5-8,13H,4H2,1-3H3/t12-/m0/s1. The molecule has 1 aromatic carbocycles. The SMILES string of the molecule is CC[C@]1(C)C(=N)N(C)c2ccccc21. The number of fused-ring (bicyclic) bond motifs is 1. The van der Waals surface area contributed by atoms with E-state index < -0.39 is 0 Å². The molecule has 0 amide bonds. The minimum absolute atomic E-state index is 0.0919. The van der Waals surface area contributed by atoms with Gasteiger partial charge in [0.05, 0.1) is 5.41 Å². The number of nitrogens with one attached hydrogen (secondary N) is 1. The lowest BCUT2D eigenvalue weighted by Crippen LogP contribution is -2.34. The molecule has 0 aromatic heterocycles. The van der Waals surface area contributed by atoms with Gasteiger partial charge >= 0.3 is 0 Å². The predicted octanol–water partition coefficient (Wildman–Crippen LogP) is 2.78. The fraction of sp³-hybridized carbons (Fsp3) is 0.417. The molecule has 0 saturated heterocycles. The van der Waals surface area contributed by atoms with E-state index in [0.29, 0.717) is 5.84 Å². The van der Waals surface area contributed by atoms with Gasteiger partial charge in [-0.25, -0.2) is 0 Å². The normalized spacial score (nSPS) is 25.4. The molecule has 1 aliphatic rings. The summed E-state index contributed by atoms with van der Waals surface area (Å²) in [7, 11) is 1.97. The number of amidine groups is 1. The highest BCUT2D eigenvalue weighted by Gasteiger charge is 2.40. The first-order valence-corrected chi connectivity index (χ1v) is 5.03. The van der Waals surface area contributed by atoms with Gasteiger partial charge in [-0.1, -0.05) is 25.1 Å². The Labute approximate surface area is 85.1 Å². The Balaban J connectivity index is 2.65. The molecule has 1 aromatic rings. The van der Waals surface area contributed by atoms with Gasteiger partial charge in [0.15, 0.2) is 0 Å². The highest BCUT2D eigenvalue weighted by atomic mass is 15.2. The molecule has 1 atom stereocenters. The molecule has 0 unspecified atom stereocenters. The van der Waals surface area contributed by atoms with Crippen LogP contribution in [0.4, 0.5) is 5.69 Å². The molecular formula is C12H16N2. The first-order chi connectivity index (χ1) is 6.61. The van der Waals surface area contributed by atoms with Crippen molar-refractivity contribution >= 4 is 11.5 Å². The summed E-state index contributed by atoms with van der Waals surface area (Å²) in [4.78, 5) is 1.98. The average Bonchev–Trinajstić information content (AvgIpc) is 2.43. The Bertz CT molecular complexity index is 384. The number of hydrogen-bond donors (Lipinski definition) is 1. The second-order valence-corrected chi connectivity index (χ2v) is 4.11. The van der Waals surface area contributed by atoms with E-state index in [1.54, 1.807) is 0 Å². The Kier molecular flexibility index (Phi) is 1.88. The van der Waals surface area contributed by atoms with Gasteiger partial charge in [-0.15, -0.1) is 0 Å². The van der Waals surface area contributed by atoms with Gasteiger partial charge in [0.25, 0.3) is 0 Å². The summed E-state index contributed by atoms with van der Waals surface area (Å²) in [6.45, 7) is 4.29. The van der Waals surface area contributed by atoms with Crippen LogP contribution in [0.5, 0.6) is 0 Å². The Morgan fingerprint density at radius 1 is 1.36 bits per heavy atom. The summed E-state index contributed by atoms with van der Waals surface area (Å²) in [6, 6.07) is 8.31. The smallest absolute Gasteiger partial charge is 0.111 e. The van der Waals surface area contributed by atoms with Crippen LogP contribution in [0.3, 0.4) is 0 Å². The summed E-state index contributed by atoms with van der Waals surface area (Å²) >= 11 is 0. The molecule has 0 fully saturated rings. The maximum atomic E-state index is 8.12. The van der Waals surface area contributed by atoms with Gasteiger partial charge in [-0.3, -0.25) is 5.41 Å². The van der Waals surface area contributed by atoms with Gasteiger partial charge in [0, 0.05) is 12.7 Å². The molecule has 0 radical (unpaired) electrons. The van der Waals surface area contributed by atoms with Crippen molar-refractivity contribution < 1.29 is 0 Å². The molecule has 0 aliphatic carbocycles. The summed E-state index contributed by atoms with van der Waals surface area (Å²) in [5, 5.41) is 8.12. The van der Waals surface area contributed by atoms with Crippen molar-refractivity contribution in [2.75, 3.05) is 11.9 Å². The highest BCUT2D eigenvalue weighted by molar-refractivity contribution is 6.09. The maximum absolute atomic E-state index is 8.12. The fourth-order valence-corrected chi connectivity index (χ4v) is 2.21. The monoisotopic (exact) mass is 188 g/mol. The third-order valence-corrected chi connectivity index (χ3v) is 3.43. The largest absolute Gasteiger partial charge is 0.332 e. The van der Waals surface area contributed by atoms with Crippen LogP contribution in [0, 0.1) is 5.41 Å². The van der Waals surface area contributed by atoms with E-state index in [4.69, 9.17) is 5.41 Å². The van der Waals surface area contributed by atoms with E-state index in [1.165, 1.54) is 11.3 Å². The zero-order chi connectivity index (χ0) is 10.3. The lowest BCUT2D eigenvalue weighted by Gasteiger charge is -2.23. The first-order valence-electron chi connectivity index (χ1n) is 5.03. The highest BCUT2D eigenvalue weighted by Crippen LogP contribution is 2.42. The second kappa shape index (κ2) is 2.84. The maximum Gasteiger partial charge on any atom is 0.111 e. The molecule has 2 rings (SSSR count). The lowest BCUT2D eigenvalue weighted by molar-refractivity contribution is 0.620. The van der Waals surface area contributed by atoms with Crippen molar-refractivity contribution in [1.82, 2.24) is 0 Å². The van der Waals surface area contributed by atoms with Crippen molar-refractivity contribution in [1.29, 1.82) is 5.41 Å². The molecule has 14 heavy (non-hydrogen) atoms. The molecule has 1 N–H and O–H groups in total. The van der Waals surface area contributed by atoms with E-state index in [2.05, 4.69) is 32.0 Å². The van der Waals surface area contributed by atoms with Gasteiger partial charge in [-0.2, -0.15) is 0 Å². The minimum Gasteiger partial charge on any atom is -0.332 e. The molecule has 1 heterocycles. The number of nitrogens with zero attached hydrogens (tertiary/aromatic N) is 1. The van der Waals surface area contributed by atoms with Crippen LogP contribution >= 0.6 is 0 Å². The van der Waals surface area contributed by atoms with Crippen molar-refractivity contribution in [2.24, 2.45) is 0 Å². The molecular weight excluding hydrogens is 172 g/mol. The van der Waals surface area contributed by atoms with Gasteiger partial charge in [0.2, 0.25) is 0 Å². The van der Waals surface area contributed by atoms with Crippen LogP contribution in [0.1, 0.15) is 25.8 Å². The van der Waals surface area contributed by atoms with Crippen LogP contribution in [0.2, 0.25) is 0 Å². The molecule has 1 aliphatic heterocycles. The summed E-state index contributed by atoms with van der Waals surface area (Å²) < 4.78 is 0. The summed E-state index contributed by atoms with van der Waals surface area (Å²) in [5.41, 5.74) is 2.38. The lowest BCUT2D eigenvalue weighted by atomic mass is 9.81. The van der Waals surface area contributed by atoms with Gasteiger partial charge in [0.1, 0.15) is 5.84 Å². The van der Waals surface area contributed by atoms with Crippen LogP contribution < -0.4 is 4.90 Å². The number of hydrogen-bond acceptors (Lipinski definition) is 1. The number of benzene rings is 1. The van der Waals surface area contributed by atoms with Gasteiger partial charge < -0.3 is 4.90 Å². The number of rotatable bonds is 1. The van der Waals surface area contributed by atoms with E-state index in [1.807, 2.05) is 18.0 Å². The molecule has 0 bridgehead atoms. The van der Waals surface area contributed by atoms with Crippen LogP contribution in [-0.2, 0) is 5.41 Å². The predicted molar refractivity (Wildman–Crippen MR) is 60.2 cm³/mol. The van der Waals surface area contributed by atoms with E-state index in [0.717, 1.165) is 6.42 Å². The quantitative estimate of drug-likeness (QED) is 0.721. The molecule has 74 valence electrons. The summed E-state index contributed by atoms with van der Waals surface area (Å²) in [6.07, 6.45) is 0.979. The zero-order valence-corrected chi connectivity index (χ0v) is 8.96. The Morgan fingerprint density at radius 3 is 2.64 bits per heavy atom. The third kappa shape index (κ3) is 0.939. The Hall–Kier alpha value is -1.31.